The number of H-pyrrole nitrogens is 1. The molecular formula is C18H19FN8O2S. The van der Waals surface area contributed by atoms with Crippen LogP contribution in [0.1, 0.15) is 19.9 Å². The second-order valence-corrected chi connectivity index (χ2v) is 8.60. The minimum Gasteiger partial charge on any atom is -0.285 e. The van der Waals surface area contributed by atoms with E-state index in [9.17, 15) is 8.42 Å². The third-order valence-electron chi connectivity index (χ3n) is 4.35. The van der Waals surface area contributed by atoms with E-state index >= 15 is 4.39 Å². The van der Waals surface area contributed by atoms with Crippen LogP contribution in [0.15, 0.2) is 47.9 Å². The minimum absolute atomic E-state index is 0.0558. The van der Waals surface area contributed by atoms with Gasteiger partial charge in [0.15, 0.2) is 5.82 Å². The summed E-state index contributed by atoms with van der Waals surface area (Å²) in [5.74, 6) is -0.759. The Morgan fingerprint density at radius 2 is 1.93 bits per heavy atom. The number of hydrogen-bond acceptors (Lipinski definition) is 6. The van der Waals surface area contributed by atoms with Crippen molar-refractivity contribution in [1.29, 1.82) is 0 Å². The van der Waals surface area contributed by atoms with Crippen LogP contribution >= 0.6 is 0 Å². The van der Waals surface area contributed by atoms with Gasteiger partial charge in [0.25, 0.3) is 10.0 Å². The normalized spacial score (nSPS) is 11.9. The third-order valence-corrected chi connectivity index (χ3v) is 5.67. The van der Waals surface area contributed by atoms with Gasteiger partial charge in [-0.15, -0.1) is 0 Å². The summed E-state index contributed by atoms with van der Waals surface area (Å²) in [7, 11) is -2.41. The van der Waals surface area contributed by atoms with E-state index in [0.717, 1.165) is 0 Å². The van der Waals surface area contributed by atoms with E-state index in [2.05, 4.69) is 30.2 Å². The van der Waals surface area contributed by atoms with Crippen LogP contribution in [-0.4, -0.2) is 43.4 Å². The molecular weight excluding hydrogens is 411 g/mol. The maximum Gasteiger partial charge on any atom is 0.265 e. The van der Waals surface area contributed by atoms with Crippen molar-refractivity contribution in [1.82, 2.24) is 35.0 Å². The third kappa shape index (κ3) is 3.56. The van der Waals surface area contributed by atoms with Gasteiger partial charge in [0.05, 0.1) is 24.1 Å². The number of halogens is 1. The van der Waals surface area contributed by atoms with Crippen LogP contribution in [0.5, 0.6) is 0 Å². The summed E-state index contributed by atoms with van der Waals surface area (Å²) < 4.78 is 44.2. The predicted molar refractivity (Wildman–Crippen MR) is 107 cm³/mol. The van der Waals surface area contributed by atoms with Gasteiger partial charge in [0, 0.05) is 30.6 Å². The smallest absolute Gasteiger partial charge is 0.265 e. The molecule has 3 heterocycles. The van der Waals surface area contributed by atoms with Crippen molar-refractivity contribution in [2.45, 2.75) is 24.8 Å². The summed E-state index contributed by atoms with van der Waals surface area (Å²) in [6.07, 6.45) is 5.71. The average molecular weight is 430 g/mol. The molecule has 156 valence electrons. The van der Waals surface area contributed by atoms with Crippen molar-refractivity contribution in [2.24, 2.45) is 7.05 Å². The van der Waals surface area contributed by atoms with Crippen molar-refractivity contribution in [3.8, 4) is 22.5 Å². The first-order chi connectivity index (χ1) is 14.3. The maximum atomic E-state index is 15.4. The second kappa shape index (κ2) is 7.37. The quantitative estimate of drug-likeness (QED) is 0.485. The maximum absolute atomic E-state index is 15.4. The summed E-state index contributed by atoms with van der Waals surface area (Å²) in [6.45, 7) is 3.80. The highest BCUT2D eigenvalue weighted by Gasteiger charge is 2.24. The molecule has 0 radical (unpaired) electrons. The number of aromatic amines is 1. The minimum atomic E-state index is -4.01. The molecule has 0 fully saturated rings. The van der Waals surface area contributed by atoms with Gasteiger partial charge in [-0.05, 0) is 26.0 Å². The fraction of sp³-hybridized carbons (Fsp3) is 0.222. The first-order valence-corrected chi connectivity index (χ1v) is 10.5. The van der Waals surface area contributed by atoms with Gasteiger partial charge in [0.1, 0.15) is 16.3 Å². The summed E-state index contributed by atoms with van der Waals surface area (Å²) in [5, 5.41) is 19.3. The Morgan fingerprint density at radius 1 is 1.17 bits per heavy atom. The molecule has 0 bridgehead atoms. The number of nitrogens with zero attached hydrogens (tertiary/aromatic N) is 6. The molecule has 12 heteroatoms. The SMILES string of the molecule is CC(C)n1nc(-c2cn[nH]c2)c(-c2cccc(NS(=O)(=O)c3cnn(C)c3)c2F)n1. The summed E-state index contributed by atoms with van der Waals surface area (Å²) in [5.41, 5.74) is 1.27. The highest BCUT2D eigenvalue weighted by Crippen LogP contribution is 2.34. The lowest BCUT2D eigenvalue weighted by molar-refractivity contribution is 0.468. The Balaban J connectivity index is 1.79. The van der Waals surface area contributed by atoms with Gasteiger partial charge < -0.3 is 0 Å². The molecule has 0 saturated carbocycles. The molecule has 4 aromatic rings. The fourth-order valence-electron chi connectivity index (χ4n) is 2.84. The van der Waals surface area contributed by atoms with Crippen molar-refractivity contribution in [2.75, 3.05) is 4.72 Å². The molecule has 10 nitrogen and oxygen atoms in total. The molecule has 3 aromatic heterocycles. The molecule has 0 aliphatic heterocycles. The van der Waals surface area contributed by atoms with Crippen molar-refractivity contribution >= 4 is 15.7 Å². The predicted octanol–water partition coefficient (Wildman–Crippen LogP) is 2.59. The van der Waals surface area contributed by atoms with E-state index in [1.807, 2.05) is 13.8 Å². The van der Waals surface area contributed by atoms with Crippen molar-refractivity contribution in [3.05, 3.63) is 48.8 Å². The zero-order valence-electron chi connectivity index (χ0n) is 16.4. The highest BCUT2D eigenvalue weighted by atomic mass is 32.2. The van der Waals surface area contributed by atoms with Crippen molar-refractivity contribution < 1.29 is 12.8 Å². The number of aryl methyl sites for hydroxylation is 1. The number of aromatic nitrogens is 7. The molecule has 2 N–H and O–H groups in total. The van der Waals surface area contributed by atoms with E-state index in [1.165, 1.54) is 34.0 Å². The Kier molecular flexibility index (Phi) is 4.86. The van der Waals surface area contributed by atoms with Gasteiger partial charge in [-0.2, -0.15) is 25.2 Å². The Labute approximate surface area is 171 Å². The van der Waals surface area contributed by atoms with Crippen LogP contribution in [0.3, 0.4) is 0 Å². The lowest BCUT2D eigenvalue weighted by Crippen LogP contribution is -2.13. The number of rotatable bonds is 6. The molecule has 0 amide bonds. The second-order valence-electron chi connectivity index (χ2n) is 6.92. The summed E-state index contributed by atoms with van der Waals surface area (Å²) >= 11 is 0. The van der Waals surface area contributed by atoms with Gasteiger partial charge >= 0.3 is 0 Å². The molecule has 1 aromatic carbocycles. The Morgan fingerprint density at radius 3 is 2.57 bits per heavy atom. The zero-order chi connectivity index (χ0) is 21.5. The first-order valence-electron chi connectivity index (χ1n) is 9.02. The van der Waals surface area contributed by atoms with Crippen molar-refractivity contribution in [3.63, 3.8) is 0 Å². The number of benzene rings is 1. The molecule has 0 unspecified atom stereocenters. The molecule has 0 aliphatic carbocycles. The average Bonchev–Trinajstić information content (AvgIpc) is 3.42. The van der Waals surface area contributed by atoms with Crippen LogP contribution in [0.25, 0.3) is 22.5 Å². The number of anilines is 1. The lowest BCUT2D eigenvalue weighted by atomic mass is 10.1. The van der Waals surface area contributed by atoms with Crippen LogP contribution in [0, 0.1) is 5.82 Å². The van der Waals surface area contributed by atoms with Crippen LogP contribution in [0.2, 0.25) is 0 Å². The van der Waals surface area contributed by atoms with Crippen LogP contribution < -0.4 is 4.72 Å². The standard InChI is InChI=1S/C18H19FN8O2S/c1-11(2)27-23-17(12-7-20-21-8-12)18(24-27)14-5-4-6-15(16(14)19)25-30(28,29)13-9-22-26(3)10-13/h4-11,25H,1-3H3,(H,20,21). The zero-order valence-corrected chi connectivity index (χ0v) is 17.2. The highest BCUT2D eigenvalue weighted by molar-refractivity contribution is 7.92. The lowest BCUT2D eigenvalue weighted by Gasteiger charge is -2.10. The molecule has 4 rings (SSSR count). The van der Waals surface area contributed by atoms with E-state index in [1.54, 1.807) is 25.5 Å². The van der Waals surface area contributed by atoms with Gasteiger partial charge in [-0.3, -0.25) is 14.5 Å². The molecule has 30 heavy (non-hydrogen) atoms. The summed E-state index contributed by atoms with van der Waals surface area (Å²) in [4.78, 5) is 1.41. The number of sulfonamides is 1. The van der Waals surface area contributed by atoms with E-state index in [-0.39, 0.29) is 27.9 Å². The fourth-order valence-corrected chi connectivity index (χ4v) is 3.89. The van der Waals surface area contributed by atoms with E-state index in [0.29, 0.717) is 11.3 Å². The van der Waals surface area contributed by atoms with Crippen LogP contribution in [-0.2, 0) is 17.1 Å². The van der Waals surface area contributed by atoms with E-state index < -0.39 is 15.8 Å². The Hall–Kier alpha value is -3.54. The van der Waals surface area contributed by atoms with E-state index in [4.69, 9.17) is 0 Å². The molecule has 0 saturated heterocycles. The summed E-state index contributed by atoms with van der Waals surface area (Å²) in [6, 6.07) is 4.36. The van der Waals surface area contributed by atoms with Gasteiger partial charge in [0.2, 0.25) is 0 Å². The molecule has 0 atom stereocenters. The monoisotopic (exact) mass is 430 g/mol. The van der Waals surface area contributed by atoms with Gasteiger partial charge in [-0.1, -0.05) is 6.07 Å². The molecule has 0 spiro atoms. The Bertz CT molecular complexity index is 1290. The van der Waals surface area contributed by atoms with Gasteiger partial charge in [-0.25, -0.2) is 12.8 Å². The van der Waals surface area contributed by atoms with Crippen LogP contribution in [0.4, 0.5) is 10.1 Å². The first kappa shape index (κ1) is 19.8. The molecule has 0 aliphatic rings. The number of hydrogen-bond donors (Lipinski definition) is 2. The number of nitrogens with one attached hydrogen (secondary N) is 2. The largest absolute Gasteiger partial charge is 0.285 e. The topological polar surface area (TPSA) is 123 Å².